The molecule has 0 unspecified atom stereocenters. The Morgan fingerprint density at radius 2 is 1.88 bits per heavy atom. The first-order valence-electron chi connectivity index (χ1n) is 10.5. The van der Waals surface area contributed by atoms with Gasteiger partial charge in [0.15, 0.2) is 0 Å². The topological polar surface area (TPSA) is 95.6 Å². The van der Waals surface area contributed by atoms with E-state index in [0.29, 0.717) is 24.4 Å². The number of sulfonamides is 1. The summed E-state index contributed by atoms with van der Waals surface area (Å²) < 4.78 is 28.7. The zero-order chi connectivity index (χ0) is 23.5. The molecule has 0 spiro atoms. The summed E-state index contributed by atoms with van der Waals surface area (Å²) in [5.74, 6) is -0.395. The second kappa shape index (κ2) is 10.0. The Kier molecular flexibility index (Phi) is 7.59. The molecule has 172 valence electrons. The van der Waals surface area contributed by atoms with Gasteiger partial charge in [0, 0.05) is 30.7 Å². The van der Waals surface area contributed by atoms with E-state index in [4.69, 9.17) is 11.6 Å². The summed E-state index contributed by atoms with van der Waals surface area (Å²) in [5, 5.41) is 3.32. The lowest BCUT2D eigenvalue weighted by molar-refractivity contribution is -0.123. The van der Waals surface area contributed by atoms with Crippen molar-refractivity contribution in [3.05, 3.63) is 58.6 Å². The molecule has 2 amide bonds. The van der Waals surface area contributed by atoms with Crippen molar-refractivity contribution < 1.29 is 18.0 Å². The number of hydrogen-bond donors (Lipinski definition) is 2. The van der Waals surface area contributed by atoms with Crippen LogP contribution in [0, 0.1) is 5.92 Å². The van der Waals surface area contributed by atoms with Gasteiger partial charge in [0.2, 0.25) is 21.8 Å². The highest BCUT2D eigenvalue weighted by molar-refractivity contribution is 7.89. The third-order valence-electron chi connectivity index (χ3n) is 5.37. The van der Waals surface area contributed by atoms with E-state index in [-0.39, 0.29) is 23.3 Å². The Hall–Kier alpha value is -2.42. The molecule has 1 heterocycles. The van der Waals surface area contributed by atoms with Crippen LogP contribution >= 0.6 is 11.6 Å². The number of halogens is 1. The molecule has 0 fully saturated rings. The number of nitrogens with zero attached hydrogens (tertiary/aromatic N) is 1. The Balaban J connectivity index is 1.76. The number of benzene rings is 2. The number of fused-ring (bicyclic) bond motifs is 1. The summed E-state index contributed by atoms with van der Waals surface area (Å²) >= 11 is 6.15. The second-order valence-corrected chi connectivity index (χ2v) is 10.4. The van der Waals surface area contributed by atoms with E-state index in [0.717, 1.165) is 16.8 Å². The van der Waals surface area contributed by atoms with Gasteiger partial charge in [-0.2, -0.15) is 4.72 Å². The zero-order valence-corrected chi connectivity index (χ0v) is 20.0. The van der Waals surface area contributed by atoms with Crippen molar-refractivity contribution in [3.8, 4) is 0 Å². The highest BCUT2D eigenvalue weighted by atomic mass is 35.5. The average Bonchev–Trinajstić information content (AvgIpc) is 3.15. The molecule has 2 N–H and O–H groups in total. The number of anilines is 1. The standard InChI is InChI=1S/C23H28ClN3O4S/c1-15(2)12-21(23(29)25-14-18-6-4-5-7-20(18)24)26-32(30,31)19-8-9-22-17(13-19)10-11-27(22)16(3)28/h4-9,13,15,21,26H,10-12,14H2,1-3H3,(H,25,29)/t21-/m1/s1. The first-order chi connectivity index (χ1) is 15.1. The van der Waals surface area contributed by atoms with Crippen molar-refractivity contribution in [2.24, 2.45) is 5.92 Å². The molecule has 0 aromatic heterocycles. The van der Waals surface area contributed by atoms with Crippen molar-refractivity contribution in [2.75, 3.05) is 11.4 Å². The van der Waals surface area contributed by atoms with E-state index >= 15 is 0 Å². The van der Waals surface area contributed by atoms with Gasteiger partial charge in [-0.3, -0.25) is 9.59 Å². The van der Waals surface area contributed by atoms with Crippen LogP contribution in [-0.4, -0.2) is 32.8 Å². The molecule has 1 atom stereocenters. The monoisotopic (exact) mass is 477 g/mol. The fourth-order valence-corrected chi connectivity index (χ4v) is 5.22. The minimum Gasteiger partial charge on any atom is -0.351 e. The number of hydrogen-bond acceptors (Lipinski definition) is 4. The van der Waals surface area contributed by atoms with Crippen LogP contribution in [0.1, 0.15) is 38.3 Å². The van der Waals surface area contributed by atoms with Gasteiger partial charge in [-0.05, 0) is 54.2 Å². The lowest BCUT2D eigenvalue weighted by Gasteiger charge is -2.21. The average molecular weight is 478 g/mol. The molecule has 3 rings (SSSR count). The maximum atomic E-state index is 13.1. The fraction of sp³-hybridized carbons (Fsp3) is 0.391. The number of carbonyl (C=O) groups is 2. The van der Waals surface area contributed by atoms with Crippen molar-refractivity contribution in [1.29, 1.82) is 0 Å². The van der Waals surface area contributed by atoms with Crippen LogP contribution in [0.4, 0.5) is 5.69 Å². The molecule has 32 heavy (non-hydrogen) atoms. The second-order valence-electron chi connectivity index (χ2n) is 8.32. The molecule has 1 aliphatic rings. The van der Waals surface area contributed by atoms with E-state index < -0.39 is 22.0 Å². The van der Waals surface area contributed by atoms with Gasteiger partial charge in [-0.25, -0.2) is 8.42 Å². The summed E-state index contributed by atoms with van der Waals surface area (Å²) in [6.45, 7) is 6.07. The number of nitrogens with one attached hydrogen (secondary N) is 2. The van der Waals surface area contributed by atoms with E-state index in [9.17, 15) is 18.0 Å². The molecule has 0 radical (unpaired) electrons. The Bertz CT molecular complexity index is 1120. The van der Waals surface area contributed by atoms with Crippen molar-refractivity contribution >= 4 is 39.1 Å². The van der Waals surface area contributed by atoms with E-state index in [2.05, 4.69) is 10.0 Å². The van der Waals surface area contributed by atoms with E-state index in [1.54, 1.807) is 35.2 Å². The van der Waals surface area contributed by atoms with Crippen LogP contribution in [0.15, 0.2) is 47.4 Å². The van der Waals surface area contributed by atoms with Crippen LogP contribution in [0.3, 0.4) is 0 Å². The minimum absolute atomic E-state index is 0.0781. The number of rotatable bonds is 8. The van der Waals surface area contributed by atoms with Gasteiger partial charge < -0.3 is 10.2 Å². The molecule has 9 heteroatoms. The van der Waals surface area contributed by atoms with Crippen molar-refractivity contribution in [3.63, 3.8) is 0 Å². The summed E-state index contributed by atoms with van der Waals surface area (Å²) in [6.07, 6.45) is 0.933. The molecular formula is C23H28ClN3O4S. The molecule has 0 aliphatic carbocycles. The van der Waals surface area contributed by atoms with Crippen LogP contribution in [-0.2, 0) is 32.6 Å². The maximum absolute atomic E-state index is 13.1. The minimum atomic E-state index is -3.94. The van der Waals surface area contributed by atoms with Gasteiger partial charge >= 0.3 is 0 Å². The van der Waals surface area contributed by atoms with E-state index in [1.807, 2.05) is 19.9 Å². The fourth-order valence-electron chi connectivity index (χ4n) is 3.76. The van der Waals surface area contributed by atoms with Crippen molar-refractivity contribution in [1.82, 2.24) is 10.0 Å². The normalized spacial score (nSPS) is 14.3. The van der Waals surface area contributed by atoms with Crippen LogP contribution < -0.4 is 14.9 Å². The Morgan fingerprint density at radius 3 is 2.53 bits per heavy atom. The number of carbonyl (C=O) groups excluding carboxylic acids is 2. The molecule has 0 bridgehead atoms. The van der Waals surface area contributed by atoms with Gasteiger partial charge in [0.05, 0.1) is 4.90 Å². The molecule has 7 nitrogen and oxygen atoms in total. The SMILES string of the molecule is CC(=O)N1CCc2cc(S(=O)(=O)N[C@H](CC(C)C)C(=O)NCc3ccccc3Cl)ccc21. The summed E-state index contributed by atoms with van der Waals surface area (Å²) in [4.78, 5) is 26.3. The lowest BCUT2D eigenvalue weighted by atomic mass is 10.0. The van der Waals surface area contributed by atoms with Gasteiger partial charge in [-0.15, -0.1) is 0 Å². The summed E-state index contributed by atoms with van der Waals surface area (Å²) in [7, 11) is -3.94. The maximum Gasteiger partial charge on any atom is 0.241 e. The molecule has 2 aromatic carbocycles. The Labute approximate surface area is 194 Å². The third kappa shape index (κ3) is 5.68. The summed E-state index contributed by atoms with van der Waals surface area (Å²) in [6, 6.07) is 10.9. The molecule has 0 saturated carbocycles. The molecular weight excluding hydrogens is 450 g/mol. The van der Waals surface area contributed by atoms with Crippen LogP contribution in [0.25, 0.3) is 0 Å². The summed E-state index contributed by atoms with van der Waals surface area (Å²) in [5.41, 5.74) is 2.28. The van der Waals surface area contributed by atoms with E-state index in [1.165, 1.54) is 13.0 Å². The van der Waals surface area contributed by atoms with Crippen molar-refractivity contribution in [2.45, 2.75) is 51.1 Å². The highest BCUT2D eigenvalue weighted by Crippen LogP contribution is 2.30. The molecule has 1 aliphatic heterocycles. The molecule has 0 saturated heterocycles. The van der Waals surface area contributed by atoms with Crippen LogP contribution in [0.5, 0.6) is 0 Å². The van der Waals surface area contributed by atoms with Gasteiger partial charge in [-0.1, -0.05) is 43.6 Å². The predicted octanol–water partition coefficient (Wildman–Crippen LogP) is 3.26. The number of amides is 2. The first kappa shape index (κ1) is 24.2. The highest BCUT2D eigenvalue weighted by Gasteiger charge is 2.29. The molecule has 2 aromatic rings. The van der Waals surface area contributed by atoms with Gasteiger partial charge in [0.25, 0.3) is 0 Å². The smallest absolute Gasteiger partial charge is 0.241 e. The Morgan fingerprint density at radius 1 is 1.16 bits per heavy atom. The quantitative estimate of drug-likeness (QED) is 0.610. The van der Waals surface area contributed by atoms with Gasteiger partial charge in [0.1, 0.15) is 6.04 Å². The predicted molar refractivity (Wildman–Crippen MR) is 125 cm³/mol. The zero-order valence-electron chi connectivity index (χ0n) is 18.4. The third-order valence-corrected chi connectivity index (χ3v) is 7.21. The van der Waals surface area contributed by atoms with Crippen LogP contribution in [0.2, 0.25) is 5.02 Å². The largest absolute Gasteiger partial charge is 0.351 e. The lowest BCUT2D eigenvalue weighted by Crippen LogP contribution is -2.47. The first-order valence-corrected chi connectivity index (χ1v) is 12.4.